The zero-order valence-electron chi connectivity index (χ0n) is 8.56. The van der Waals surface area contributed by atoms with E-state index in [4.69, 9.17) is 27.9 Å². The van der Waals surface area contributed by atoms with E-state index in [0.717, 1.165) is 0 Å². The van der Waals surface area contributed by atoms with E-state index in [0.29, 0.717) is 5.56 Å². The molecule has 0 aliphatic rings. The number of hydrogen-bond acceptors (Lipinski definition) is 2. The molecule has 0 radical (unpaired) electrons. The summed E-state index contributed by atoms with van der Waals surface area (Å²) >= 11 is 11.4. The summed E-state index contributed by atoms with van der Waals surface area (Å²) in [6.07, 6.45) is -4.38. The van der Waals surface area contributed by atoms with Crippen LogP contribution < -0.4 is 4.74 Å². The molecule has 0 atom stereocenters. The Balaban J connectivity index is 2.52. The van der Waals surface area contributed by atoms with Crippen LogP contribution in [0.25, 0.3) is 0 Å². The third kappa shape index (κ3) is 5.02. The van der Waals surface area contributed by atoms with Gasteiger partial charge in [0, 0.05) is 5.56 Å². The zero-order valence-corrected chi connectivity index (χ0v) is 10.1. The molecular weight excluding hydrogens is 280 g/mol. The SMILES string of the molecule is FC(F)(F)COCOc1c(Cl)cccc1CCl. The van der Waals surface area contributed by atoms with Crippen LogP contribution in [-0.4, -0.2) is 19.6 Å². The van der Waals surface area contributed by atoms with Gasteiger partial charge in [0.25, 0.3) is 0 Å². The Bertz CT molecular complexity index is 369. The first-order valence-corrected chi connectivity index (χ1v) is 5.46. The third-order valence-corrected chi connectivity index (χ3v) is 2.33. The van der Waals surface area contributed by atoms with Crippen molar-refractivity contribution in [2.45, 2.75) is 12.1 Å². The molecule has 96 valence electrons. The monoisotopic (exact) mass is 288 g/mol. The highest BCUT2D eigenvalue weighted by molar-refractivity contribution is 6.32. The van der Waals surface area contributed by atoms with Gasteiger partial charge >= 0.3 is 6.18 Å². The second-order valence-corrected chi connectivity index (χ2v) is 3.76. The van der Waals surface area contributed by atoms with E-state index in [1.54, 1.807) is 18.2 Å². The van der Waals surface area contributed by atoms with E-state index in [-0.39, 0.29) is 16.7 Å². The summed E-state index contributed by atoms with van der Waals surface area (Å²) in [4.78, 5) is 0. The van der Waals surface area contributed by atoms with Crippen LogP contribution in [0.5, 0.6) is 5.75 Å². The van der Waals surface area contributed by atoms with Crippen molar-refractivity contribution in [1.82, 2.24) is 0 Å². The minimum Gasteiger partial charge on any atom is -0.466 e. The Morgan fingerprint density at radius 3 is 2.53 bits per heavy atom. The van der Waals surface area contributed by atoms with Gasteiger partial charge in [-0.3, -0.25) is 0 Å². The first-order valence-electron chi connectivity index (χ1n) is 4.54. The lowest BCUT2D eigenvalue weighted by atomic mass is 10.2. The number of ether oxygens (including phenoxy) is 2. The summed E-state index contributed by atoms with van der Waals surface area (Å²) in [6, 6.07) is 4.89. The Hall–Kier alpha value is -0.650. The van der Waals surface area contributed by atoms with Gasteiger partial charge < -0.3 is 9.47 Å². The van der Waals surface area contributed by atoms with Crippen LogP contribution in [0.4, 0.5) is 13.2 Å². The van der Waals surface area contributed by atoms with Crippen LogP contribution in [0.3, 0.4) is 0 Å². The van der Waals surface area contributed by atoms with Gasteiger partial charge in [-0.2, -0.15) is 13.2 Å². The van der Waals surface area contributed by atoms with E-state index in [1.165, 1.54) is 0 Å². The highest BCUT2D eigenvalue weighted by Crippen LogP contribution is 2.29. The molecule has 0 heterocycles. The topological polar surface area (TPSA) is 18.5 Å². The minimum absolute atomic E-state index is 0.148. The van der Waals surface area contributed by atoms with E-state index >= 15 is 0 Å². The number of benzene rings is 1. The third-order valence-electron chi connectivity index (χ3n) is 1.74. The maximum atomic E-state index is 11.8. The van der Waals surface area contributed by atoms with Crippen LogP contribution in [0.1, 0.15) is 5.56 Å². The van der Waals surface area contributed by atoms with Crippen molar-refractivity contribution in [2.24, 2.45) is 0 Å². The smallest absolute Gasteiger partial charge is 0.411 e. The fraction of sp³-hybridized carbons (Fsp3) is 0.400. The van der Waals surface area contributed by atoms with E-state index in [9.17, 15) is 13.2 Å². The molecule has 0 bridgehead atoms. The predicted octanol–water partition coefficient (Wildman–Crippen LogP) is 3.99. The summed E-state index contributed by atoms with van der Waals surface area (Å²) in [6.45, 7) is -1.90. The molecule has 0 saturated carbocycles. The van der Waals surface area contributed by atoms with Crippen molar-refractivity contribution >= 4 is 23.2 Å². The molecule has 2 nitrogen and oxygen atoms in total. The van der Waals surface area contributed by atoms with E-state index < -0.39 is 19.6 Å². The van der Waals surface area contributed by atoms with Crippen LogP contribution in [0, 0.1) is 0 Å². The van der Waals surface area contributed by atoms with Gasteiger partial charge in [-0.1, -0.05) is 23.7 Å². The van der Waals surface area contributed by atoms with Crippen molar-refractivity contribution in [1.29, 1.82) is 0 Å². The van der Waals surface area contributed by atoms with Crippen molar-refractivity contribution < 1.29 is 22.6 Å². The van der Waals surface area contributed by atoms with Gasteiger partial charge in [0.2, 0.25) is 0 Å². The quantitative estimate of drug-likeness (QED) is 0.463. The molecule has 0 saturated heterocycles. The molecule has 0 aliphatic carbocycles. The first kappa shape index (κ1) is 14.4. The van der Waals surface area contributed by atoms with Crippen molar-refractivity contribution in [3.63, 3.8) is 0 Å². The molecule has 0 aromatic heterocycles. The molecule has 0 spiro atoms. The van der Waals surface area contributed by atoms with Gasteiger partial charge in [0.15, 0.2) is 6.79 Å². The summed E-state index contributed by atoms with van der Waals surface area (Å²) in [5.74, 6) is 0.390. The Labute approximate surface area is 106 Å². The van der Waals surface area contributed by atoms with Crippen LogP contribution in [-0.2, 0) is 10.6 Å². The maximum absolute atomic E-state index is 11.8. The normalized spacial score (nSPS) is 11.6. The lowest BCUT2D eigenvalue weighted by Gasteiger charge is -2.12. The minimum atomic E-state index is -4.38. The highest BCUT2D eigenvalue weighted by Gasteiger charge is 2.27. The zero-order chi connectivity index (χ0) is 12.9. The second-order valence-electron chi connectivity index (χ2n) is 3.09. The molecule has 1 aromatic rings. The Morgan fingerprint density at radius 1 is 1.24 bits per heavy atom. The highest BCUT2D eigenvalue weighted by atomic mass is 35.5. The maximum Gasteiger partial charge on any atom is 0.411 e. The number of halogens is 5. The average molecular weight is 289 g/mol. The summed E-state index contributed by atoms with van der Waals surface area (Å²) in [7, 11) is 0. The van der Waals surface area contributed by atoms with Gasteiger partial charge in [0.05, 0.1) is 10.9 Å². The summed E-state index contributed by atoms with van der Waals surface area (Å²) in [5, 5.41) is 0.277. The lowest BCUT2D eigenvalue weighted by Crippen LogP contribution is -2.19. The van der Waals surface area contributed by atoms with E-state index in [1.807, 2.05) is 0 Å². The van der Waals surface area contributed by atoms with Gasteiger partial charge in [0.1, 0.15) is 12.4 Å². The van der Waals surface area contributed by atoms with E-state index in [2.05, 4.69) is 4.74 Å². The molecule has 0 unspecified atom stereocenters. The standard InChI is InChI=1S/C10H9Cl2F3O2/c11-4-7-2-1-3-8(12)9(7)17-6-16-5-10(13,14)15/h1-3H,4-6H2. The molecule has 0 amide bonds. The molecule has 0 N–H and O–H groups in total. The number of hydrogen-bond donors (Lipinski definition) is 0. The number of alkyl halides is 4. The van der Waals surface area contributed by atoms with Gasteiger partial charge in [-0.15, -0.1) is 11.6 Å². The second kappa shape index (κ2) is 6.33. The fourth-order valence-corrected chi connectivity index (χ4v) is 1.54. The largest absolute Gasteiger partial charge is 0.466 e. The lowest BCUT2D eigenvalue weighted by molar-refractivity contribution is -0.186. The molecule has 0 aliphatic heterocycles. The number of para-hydroxylation sites is 1. The molecule has 0 fully saturated rings. The molecule has 17 heavy (non-hydrogen) atoms. The van der Waals surface area contributed by atoms with Crippen molar-refractivity contribution in [3.05, 3.63) is 28.8 Å². The van der Waals surface area contributed by atoms with Crippen molar-refractivity contribution in [2.75, 3.05) is 13.4 Å². The van der Waals surface area contributed by atoms with Crippen LogP contribution in [0.15, 0.2) is 18.2 Å². The van der Waals surface area contributed by atoms with Crippen LogP contribution >= 0.6 is 23.2 Å². The molecule has 7 heteroatoms. The van der Waals surface area contributed by atoms with Crippen molar-refractivity contribution in [3.8, 4) is 5.75 Å². The van der Waals surface area contributed by atoms with Gasteiger partial charge in [-0.05, 0) is 6.07 Å². The molecule has 1 aromatic carbocycles. The molecule has 1 rings (SSSR count). The summed E-state index contributed by atoms with van der Waals surface area (Å²) in [5.41, 5.74) is 0.592. The molecular formula is C10H9Cl2F3O2. The van der Waals surface area contributed by atoms with Crippen LogP contribution in [0.2, 0.25) is 5.02 Å². The van der Waals surface area contributed by atoms with Gasteiger partial charge in [-0.25, -0.2) is 0 Å². The Morgan fingerprint density at radius 2 is 1.94 bits per heavy atom. The first-order chi connectivity index (χ1) is 7.94. The fourth-order valence-electron chi connectivity index (χ4n) is 1.08. The Kier molecular flexibility index (Phi) is 5.36. The number of rotatable bonds is 5. The average Bonchev–Trinajstić information content (AvgIpc) is 2.24. The summed E-state index contributed by atoms with van der Waals surface area (Å²) < 4.78 is 44.7. The predicted molar refractivity (Wildman–Crippen MR) is 58.5 cm³/mol.